The van der Waals surface area contributed by atoms with Crippen LogP contribution in [0.3, 0.4) is 0 Å². The van der Waals surface area contributed by atoms with Gasteiger partial charge in [0.15, 0.2) is 0 Å². The maximum Gasteiger partial charge on any atom is 0.137 e. The molecule has 0 bridgehead atoms. The highest BCUT2D eigenvalue weighted by molar-refractivity contribution is 5.90. The summed E-state index contributed by atoms with van der Waals surface area (Å²) in [5.74, 6) is 0. The van der Waals surface area contributed by atoms with Gasteiger partial charge in [-0.05, 0) is 98.8 Å². The van der Waals surface area contributed by atoms with Gasteiger partial charge in [-0.3, -0.25) is 9.38 Å². The molecule has 0 atom stereocenters. The Bertz CT molecular complexity index is 2230. The molecule has 43 heavy (non-hydrogen) atoms. The summed E-state index contributed by atoms with van der Waals surface area (Å²) in [6, 6.07) is 51.7. The van der Waals surface area contributed by atoms with Crippen molar-refractivity contribution in [1.82, 2.24) is 14.4 Å². The minimum atomic E-state index is 0.931. The number of benzene rings is 5. The molecule has 0 aliphatic rings. The maximum absolute atomic E-state index is 5.11. The molecular weight excluding hydrogens is 522 g/mol. The molecule has 0 saturated carbocycles. The van der Waals surface area contributed by atoms with Crippen LogP contribution in [0.1, 0.15) is 0 Å². The third kappa shape index (κ3) is 4.67. The van der Waals surface area contributed by atoms with Crippen LogP contribution in [0.15, 0.2) is 164 Å². The molecule has 0 aliphatic carbocycles. The predicted molar refractivity (Wildman–Crippen MR) is 178 cm³/mol. The van der Waals surface area contributed by atoms with Crippen LogP contribution in [0.5, 0.6) is 0 Å². The van der Waals surface area contributed by atoms with Gasteiger partial charge in [0.2, 0.25) is 0 Å². The molecule has 0 radical (unpaired) electrons. The molecule has 0 aliphatic heterocycles. The van der Waals surface area contributed by atoms with Crippen molar-refractivity contribution in [3.8, 4) is 55.9 Å². The fraction of sp³-hybridized carbons (Fsp3) is 0. The van der Waals surface area contributed by atoms with E-state index in [9.17, 15) is 0 Å². The summed E-state index contributed by atoms with van der Waals surface area (Å²) in [4.78, 5) is 9.36. The van der Waals surface area contributed by atoms with Gasteiger partial charge in [-0.15, -0.1) is 0 Å². The molecule has 3 nitrogen and oxygen atoms in total. The van der Waals surface area contributed by atoms with Crippen LogP contribution < -0.4 is 0 Å². The average Bonchev–Trinajstić information content (AvgIpc) is 3.48. The zero-order chi connectivity index (χ0) is 28.6. The van der Waals surface area contributed by atoms with E-state index < -0.39 is 0 Å². The molecule has 3 aromatic heterocycles. The highest BCUT2D eigenvalue weighted by atomic mass is 15.0. The van der Waals surface area contributed by atoms with Crippen LogP contribution in [-0.2, 0) is 0 Å². The van der Waals surface area contributed by atoms with Gasteiger partial charge in [-0.1, -0.05) is 91.0 Å². The summed E-state index contributed by atoms with van der Waals surface area (Å²) in [6.07, 6.45) is 5.80. The van der Waals surface area contributed by atoms with E-state index in [4.69, 9.17) is 4.98 Å². The van der Waals surface area contributed by atoms with Gasteiger partial charge < -0.3 is 0 Å². The van der Waals surface area contributed by atoms with Crippen molar-refractivity contribution in [3.63, 3.8) is 0 Å². The van der Waals surface area contributed by atoms with Gasteiger partial charge >= 0.3 is 0 Å². The smallest absolute Gasteiger partial charge is 0.137 e. The molecule has 5 aromatic carbocycles. The summed E-state index contributed by atoms with van der Waals surface area (Å²) >= 11 is 0. The highest BCUT2D eigenvalue weighted by Gasteiger charge is 2.17. The molecule has 0 saturated heterocycles. The van der Waals surface area contributed by atoms with Crippen molar-refractivity contribution in [2.75, 3.05) is 0 Å². The van der Waals surface area contributed by atoms with E-state index in [1.54, 1.807) is 0 Å². The first-order valence-corrected chi connectivity index (χ1v) is 14.5. The van der Waals surface area contributed by atoms with Crippen LogP contribution in [0.4, 0.5) is 0 Å². The quantitative estimate of drug-likeness (QED) is 0.214. The molecule has 0 unspecified atom stereocenters. The maximum atomic E-state index is 5.11. The Morgan fingerprint density at radius 3 is 1.84 bits per heavy atom. The Kier molecular flexibility index (Phi) is 6.12. The Morgan fingerprint density at radius 2 is 1.02 bits per heavy atom. The van der Waals surface area contributed by atoms with E-state index in [1.807, 2.05) is 18.5 Å². The lowest BCUT2D eigenvalue weighted by Gasteiger charge is -2.13. The second-order valence-electron chi connectivity index (χ2n) is 10.8. The van der Waals surface area contributed by atoms with Gasteiger partial charge in [0.1, 0.15) is 5.65 Å². The summed E-state index contributed by atoms with van der Waals surface area (Å²) in [5.41, 5.74) is 12.2. The minimum absolute atomic E-state index is 0.931. The van der Waals surface area contributed by atoms with Crippen molar-refractivity contribution in [3.05, 3.63) is 164 Å². The number of hydrogen-bond acceptors (Lipinski definition) is 2. The third-order valence-electron chi connectivity index (χ3n) is 8.08. The topological polar surface area (TPSA) is 30.2 Å². The van der Waals surface area contributed by atoms with E-state index in [-0.39, 0.29) is 0 Å². The molecule has 8 rings (SSSR count). The molecule has 8 aromatic rings. The van der Waals surface area contributed by atoms with Crippen molar-refractivity contribution < 1.29 is 0 Å². The van der Waals surface area contributed by atoms with Crippen LogP contribution in [-0.4, -0.2) is 14.4 Å². The van der Waals surface area contributed by atoms with Crippen molar-refractivity contribution >= 4 is 16.4 Å². The van der Waals surface area contributed by atoms with Gasteiger partial charge in [0.25, 0.3) is 0 Å². The minimum Gasteiger partial charge on any atom is -0.299 e. The summed E-state index contributed by atoms with van der Waals surface area (Å²) in [6.45, 7) is 0. The predicted octanol–water partition coefficient (Wildman–Crippen LogP) is 10.2. The van der Waals surface area contributed by atoms with Gasteiger partial charge in [-0.25, -0.2) is 4.98 Å². The van der Waals surface area contributed by atoms with Crippen molar-refractivity contribution in [2.45, 2.75) is 0 Å². The fourth-order valence-corrected chi connectivity index (χ4v) is 5.96. The zero-order valence-electron chi connectivity index (χ0n) is 23.4. The number of nitrogens with zero attached hydrogens (tertiary/aromatic N) is 3. The molecule has 0 N–H and O–H groups in total. The summed E-state index contributed by atoms with van der Waals surface area (Å²) in [5, 5.41) is 2.48. The lowest BCUT2D eigenvalue weighted by Crippen LogP contribution is -1.90. The molecule has 0 spiro atoms. The molecule has 3 heteroatoms. The second kappa shape index (κ2) is 10.6. The van der Waals surface area contributed by atoms with Gasteiger partial charge in [-0.2, -0.15) is 0 Å². The normalized spacial score (nSPS) is 11.3. The third-order valence-corrected chi connectivity index (χ3v) is 8.08. The van der Waals surface area contributed by atoms with E-state index in [0.29, 0.717) is 0 Å². The van der Waals surface area contributed by atoms with Crippen LogP contribution in [0.25, 0.3) is 72.3 Å². The average molecular weight is 550 g/mol. The lowest BCUT2D eigenvalue weighted by molar-refractivity contribution is 1.19. The number of fused-ring (bicyclic) bond motifs is 2. The molecule has 0 fully saturated rings. The largest absolute Gasteiger partial charge is 0.299 e. The Balaban J connectivity index is 1.30. The van der Waals surface area contributed by atoms with Gasteiger partial charge in [0.05, 0.1) is 11.4 Å². The van der Waals surface area contributed by atoms with Gasteiger partial charge in [0, 0.05) is 29.7 Å². The first kappa shape index (κ1) is 25.0. The zero-order valence-corrected chi connectivity index (χ0v) is 23.4. The van der Waals surface area contributed by atoms with Crippen LogP contribution >= 0.6 is 0 Å². The molecular formula is C40H27N3. The number of imidazole rings is 1. The van der Waals surface area contributed by atoms with E-state index >= 15 is 0 Å². The van der Waals surface area contributed by atoms with Crippen molar-refractivity contribution in [1.29, 1.82) is 0 Å². The Morgan fingerprint density at radius 1 is 0.395 bits per heavy atom. The van der Waals surface area contributed by atoms with E-state index in [2.05, 4.69) is 155 Å². The SMILES string of the molecule is c1ccc(-c2c(-c3cccc(-c4cc(-c5ccncc5)cc(-c5ccc6ccccc6c5)c4)c3)nc3ccccn23)cc1. The highest BCUT2D eigenvalue weighted by Crippen LogP contribution is 2.37. The number of pyridine rings is 2. The standard InChI is InChI=1S/C40H27N3/c1-2-10-30(11-3-1)40-39(42-38-15-6-7-22-43(38)40)34-14-8-13-32(24-34)36-25-35(29-18-20-41-21-19-29)26-37(27-36)33-17-16-28-9-4-5-12-31(28)23-33/h1-27H. The van der Waals surface area contributed by atoms with E-state index in [0.717, 1.165) is 50.4 Å². The summed E-state index contributed by atoms with van der Waals surface area (Å²) in [7, 11) is 0. The molecule has 202 valence electrons. The number of aromatic nitrogens is 3. The molecule has 0 amide bonds. The first-order chi connectivity index (χ1) is 21.3. The summed E-state index contributed by atoms with van der Waals surface area (Å²) < 4.78 is 2.18. The number of rotatable bonds is 5. The van der Waals surface area contributed by atoms with Crippen LogP contribution in [0.2, 0.25) is 0 Å². The van der Waals surface area contributed by atoms with Crippen molar-refractivity contribution in [2.24, 2.45) is 0 Å². The van der Waals surface area contributed by atoms with E-state index in [1.165, 1.54) is 21.9 Å². The monoisotopic (exact) mass is 549 g/mol. The Hall–Kier alpha value is -5.80. The second-order valence-corrected chi connectivity index (χ2v) is 10.8. The fourth-order valence-electron chi connectivity index (χ4n) is 5.96. The first-order valence-electron chi connectivity index (χ1n) is 14.5. The molecule has 3 heterocycles. The Labute approximate surface area is 250 Å². The lowest BCUT2D eigenvalue weighted by atomic mass is 9.92. The van der Waals surface area contributed by atoms with Crippen LogP contribution in [0, 0.1) is 0 Å². The number of hydrogen-bond donors (Lipinski definition) is 0.